The van der Waals surface area contributed by atoms with Crippen molar-refractivity contribution in [1.29, 1.82) is 5.26 Å². The van der Waals surface area contributed by atoms with Crippen molar-refractivity contribution in [3.05, 3.63) is 75.6 Å². The van der Waals surface area contributed by atoms with E-state index in [1.54, 1.807) is 24.3 Å². The average Bonchev–Trinajstić information content (AvgIpc) is 2.81. The SMILES string of the molecule is N#C[C@]12C=C[C@@H]1[C@H]1C=C[C@@H]2n2c(=O)n(-c3ccccc3)c(=O)n21. The van der Waals surface area contributed by atoms with Crippen LogP contribution >= 0.6 is 0 Å². The Balaban J connectivity index is 1.84. The summed E-state index contributed by atoms with van der Waals surface area (Å²) in [5.41, 5.74) is -0.914. The molecule has 6 rings (SSSR count). The topological polar surface area (TPSA) is 72.7 Å². The molecule has 1 aromatic carbocycles. The summed E-state index contributed by atoms with van der Waals surface area (Å²) in [6.07, 6.45) is 7.64. The summed E-state index contributed by atoms with van der Waals surface area (Å²) in [6.45, 7) is 0. The van der Waals surface area contributed by atoms with E-state index in [9.17, 15) is 14.9 Å². The fourth-order valence-electron chi connectivity index (χ4n) is 4.09. The second kappa shape index (κ2) is 3.82. The summed E-state index contributed by atoms with van der Waals surface area (Å²) >= 11 is 0. The lowest BCUT2D eigenvalue weighted by Gasteiger charge is -2.52. The van der Waals surface area contributed by atoms with E-state index in [2.05, 4.69) is 6.07 Å². The van der Waals surface area contributed by atoms with Gasteiger partial charge in [0.1, 0.15) is 5.41 Å². The standard InChI is InChI=1S/C17H12N4O2/c18-10-17-9-8-12(17)13-6-7-14(17)21-16(23)19(15(22)20(13)21)11-4-2-1-3-5-11/h1-9,12-14H/t12-,13-,14+,17-/m1/s1. The van der Waals surface area contributed by atoms with Gasteiger partial charge in [-0.05, 0) is 12.1 Å². The predicted octanol–water partition coefficient (Wildman–Crippen LogP) is 1.16. The molecule has 2 aliphatic heterocycles. The molecule has 0 amide bonds. The minimum Gasteiger partial charge on any atom is -0.245 e. The Morgan fingerprint density at radius 1 is 1.00 bits per heavy atom. The summed E-state index contributed by atoms with van der Waals surface area (Å²) in [4.78, 5) is 25.8. The van der Waals surface area contributed by atoms with Crippen LogP contribution in [0.25, 0.3) is 5.69 Å². The smallest absolute Gasteiger partial charge is 0.245 e. The quantitative estimate of drug-likeness (QED) is 0.742. The number of aromatic nitrogens is 3. The molecule has 4 atom stereocenters. The Morgan fingerprint density at radius 3 is 2.39 bits per heavy atom. The van der Waals surface area contributed by atoms with Crippen LogP contribution in [0.15, 0.2) is 64.2 Å². The van der Waals surface area contributed by atoms with E-state index < -0.39 is 17.1 Å². The first-order valence-corrected chi connectivity index (χ1v) is 7.49. The minimum absolute atomic E-state index is 0.0498. The van der Waals surface area contributed by atoms with Crippen LogP contribution in [0.1, 0.15) is 12.1 Å². The number of nitrogens with zero attached hydrogens (tertiary/aromatic N) is 4. The molecule has 2 aromatic rings. The van der Waals surface area contributed by atoms with Gasteiger partial charge in [0.15, 0.2) is 0 Å². The van der Waals surface area contributed by atoms with E-state index in [1.807, 2.05) is 30.4 Å². The molecule has 0 saturated heterocycles. The second-order valence-corrected chi connectivity index (χ2v) is 6.18. The molecule has 6 heteroatoms. The van der Waals surface area contributed by atoms with Crippen molar-refractivity contribution in [3.63, 3.8) is 0 Å². The van der Waals surface area contributed by atoms with Crippen LogP contribution in [0.2, 0.25) is 0 Å². The highest BCUT2D eigenvalue weighted by atomic mass is 16.2. The lowest BCUT2D eigenvalue weighted by atomic mass is 9.57. The van der Waals surface area contributed by atoms with E-state index in [-0.39, 0.29) is 17.6 Å². The third kappa shape index (κ3) is 1.21. The first kappa shape index (κ1) is 12.5. The molecule has 0 saturated carbocycles. The Hall–Kier alpha value is -3.07. The van der Waals surface area contributed by atoms with E-state index in [0.29, 0.717) is 5.69 Å². The summed E-state index contributed by atoms with van der Waals surface area (Å²) in [6, 6.07) is 10.5. The highest BCUT2D eigenvalue weighted by molar-refractivity contribution is 5.41. The summed E-state index contributed by atoms with van der Waals surface area (Å²) in [5, 5.41) is 9.66. The van der Waals surface area contributed by atoms with E-state index in [0.717, 1.165) is 0 Å². The van der Waals surface area contributed by atoms with Gasteiger partial charge in [0.2, 0.25) is 0 Å². The Kier molecular flexibility index (Phi) is 2.07. The molecular formula is C17H12N4O2. The van der Waals surface area contributed by atoms with Gasteiger partial charge in [-0.3, -0.25) is 0 Å². The van der Waals surface area contributed by atoms with Crippen LogP contribution in [0.4, 0.5) is 0 Å². The molecule has 2 bridgehead atoms. The van der Waals surface area contributed by atoms with Crippen molar-refractivity contribution < 1.29 is 0 Å². The lowest BCUT2D eigenvalue weighted by Crippen LogP contribution is -2.56. The highest BCUT2D eigenvalue weighted by Crippen LogP contribution is 2.58. The molecule has 1 aromatic heterocycles. The Morgan fingerprint density at radius 2 is 1.74 bits per heavy atom. The third-order valence-corrected chi connectivity index (χ3v) is 5.24. The van der Waals surface area contributed by atoms with Crippen LogP contribution in [-0.4, -0.2) is 13.9 Å². The summed E-state index contributed by atoms with van der Waals surface area (Å²) in [5.74, 6) is -0.0498. The van der Waals surface area contributed by atoms with Crippen LogP contribution < -0.4 is 11.4 Å². The zero-order valence-corrected chi connectivity index (χ0v) is 12.0. The molecule has 0 fully saturated rings. The Labute approximate surface area is 130 Å². The van der Waals surface area contributed by atoms with E-state index in [1.165, 1.54) is 13.9 Å². The van der Waals surface area contributed by atoms with Crippen LogP contribution in [0, 0.1) is 22.7 Å². The Bertz CT molecular complexity index is 1050. The van der Waals surface area contributed by atoms with Crippen molar-refractivity contribution in [3.8, 4) is 11.8 Å². The molecule has 112 valence electrons. The van der Waals surface area contributed by atoms with Gasteiger partial charge in [0, 0.05) is 5.92 Å². The van der Waals surface area contributed by atoms with Crippen molar-refractivity contribution in [2.75, 3.05) is 0 Å². The molecular weight excluding hydrogens is 292 g/mol. The normalized spacial score (nSPS) is 32.0. The number of benzene rings is 1. The largest absolute Gasteiger partial charge is 0.352 e. The number of nitriles is 1. The summed E-state index contributed by atoms with van der Waals surface area (Å²) in [7, 11) is 0. The minimum atomic E-state index is -0.710. The molecule has 2 aliphatic carbocycles. The molecule has 0 radical (unpaired) electrons. The zero-order valence-electron chi connectivity index (χ0n) is 12.0. The highest BCUT2D eigenvalue weighted by Gasteiger charge is 2.59. The van der Waals surface area contributed by atoms with Gasteiger partial charge < -0.3 is 0 Å². The van der Waals surface area contributed by atoms with Crippen molar-refractivity contribution >= 4 is 0 Å². The molecule has 0 N–H and O–H groups in total. The van der Waals surface area contributed by atoms with Crippen molar-refractivity contribution in [2.45, 2.75) is 12.1 Å². The van der Waals surface area contributed by atoms with Crippen molar-refractivity contribution in [2.24, 2.45) is 11.3 Å². The predicted molar refractivity (Wildman–Crippen MR) is 82.2 cm³/mol. The molecule has 0 spiro atoms. The number of hydrogen-bond donors (Lipinski definition) is 0. The van der Waals surface area contributed by atoms with E-state index >= 15 is 0 Å². The molecule has 6 nitrogen and oxygen atoms in total. The maximum Gasteiger partial charge on any atom is 0.352 e. The average molecular weight is 304 g/mol. The fraction of sp³-hybridized carbons (Fsp3) is 0.235. The van der Waals surface area contributed by atoms with Crippen LogP contribution in [-0.2, 0) is 0 Å². The zero-order chi connectivity index (χ0) is 15.8. The monoisotopic (exact) mass is 304 g/mol. The summed E-state index contributed by atoms with van der Waals surface area (Å²) < 4.78 is 4.13. The lowest BCUT2D eigenvalue weighted by molar-refractivity contribution is 0.0852. The number of rotatable bonds is 1. The first-order chi connectivity index (χ1) is 11.2. The second-order valence-electron chi connectivity index (χ2n) is 6.18. The number of allylic oxidation sites excluding steroid dienone is 4. The molecule has 0 unspecified atom stereocenters. The van der Waals surface area contributed by atoms with E-state index in [4.69, 9.17) is 0 Å². The van der Waals surface area contributed by atoms with Gasteiger partial charge >= 0.3 is 11.4 Å². The molecule has 23 heavy (non-hydrogen) atoms. The van der Waals surface area contributed by atoms with Crippen LogP contribution in [0.5, 0.6) is 0 Å². The first-order valence-electron chi connectivity index (χ1n) is 7.49. The maximum absolute atomic E-state index is 12.9. The van der Waals surface area contributed by atoms with Gasteiger partial charge in [0.05, 0.1) is 23.8 Å². The van der Waals surface area contributed by atoms with Gasteiger partial charge in [-0.15, -0.1) is 0 Å². The van der Waals surface area contributed by atoms with Gasteiger partial charge in [0.25, 0.3) is 0 Å². The number of para-hydroxylation sites is 1. The molecule has 4 aliphatic rings. The maximum atomic E-state index is 12.9. The fourth-order valence-corrected chi connectivity index (χ4v) is 4.09. The third-order valence-electron chi connectivity index (χ3n) is 5.24. The van der Waals surface area contributed by atoms with Gasteiger partial charge in [-0.2, -0.15) is 5.26 Å². The van der Waals surface area contributed by atoms with Gasteiger partial charge in [-0.1, -0.05) is 42.5 Å². The molecule has 3 heterocycles. The van der Waals surface area contributed by atoms with Crippen molar-refractivity contribution in [1.82, 2.24) is 13.9 Å². The number of hydrogen-bond acceptors (Lipinski definition) is 3. The van der Waals surface area contributed by atoms with Gasteiger partial charge in [-0.25, -0.2) is 23.5 Å². The van der Waals surface area contributed by atoms with Crippen LogP contribution in [0.3, 0.4) is 0 Å².